The molecule has 5 nitrogen and oxygen atoms in total. The van der Waals surface area contributed by atoms with Crippen molar-refractivity contribution >= 4 is 11.1 Å². The van der Waals surface area contributed by atoms with E-state index in [0.29, 0.717) is 22.9 Å². The summed E-state index contributed by atoms with van der Waals surface area (Å²) >= 11 is 0. The Kier molecular flexibility index (Phi) is 5.62. The number of aromatic nitrogens is 4. The summed E-state index contributed by atoms with van der Waals surface area (Å²) in [6, 6.07) is 33.8. The van der Waals surface area contributed by atoms with Crippen molar-refractivity contribution in [1.29, 1.82) is 0 Å². The van der Waals surface area contributed by atoms with Gasteiger partial charge in [0, 0.05) is 22.3 Å². The van der Waals surface area contributed by atoms with Crippen molar-refractivity contribution in [2.45, 2.75) is 43.9 Å². The van der Waals surface area contributed by atoms with Gasteiger partial charge in [-0.25, -0.2) is 19.9 Å². The highest BCUT2D eigenvalue weighted by Crippen LogP contribution is 2.60. The molecule has 4 bridgehead atoms. The number of hydrogen-bond donors (Lipinski definition) is 0. The number of fused-ring (bicyclic) bond motifs is 1. The number of oxazole rings is 1. The van der Waals surface area contributed by atoms with Gasteiger partial charge in [0.05, 0.1) is 0 Å². The molecule has 4 aromatic carbocycles. The Morgan fingerprint density at radius 3 is 1.67 bits per heavy atom. The standard InChI is InChI=1S/C38H32N4O/c1-2-5-28(6-3-1)35-40-36(29-11-9-27(10-12-29)32-7-4-8-33-34(32)43-23-39-33)42-37(41-35)30-13-15-31(16-14-30)38-20-24-17-25(21-38)19-26(18-24)22-38/h1-16,23-26H,17-22H2. The Morgan fingerprint density at radius 2 is 1.07 bits per heavy atom. The van der Waals surface area contributed by atoms with E-state index >= 15 is 0 Å². The van der Waals surface area contributed by atoms with Crippen LogP contribution in [-0.4, -0.2) is 19.9 Å². The zero-order valence-corrected chi connectivity index (χ0v) is 24.0. The molecule has 43 heavy (non-hydrogen) atoms. The average Bonchev–Trinajstić information content (AvgIpc) is 3.54. The van der Waals surface area contributed by atoms with Gasteiger partial charge in [-0.1, -0.05) is 91.0 Å². The summed E-state index contributed by atoms with van der Waals surface area (Å²) < 4.78 is 5.68. The Labute approximate surface area is 251 Å². The lowest BCUT2D eigenvalue weighted by Crippen LogP contribution is -2.48. The van der Waals surface area contributed by atoms with Crippen LogP contribution >= 0.6 is 0 Å². The number of nitrogens with zero attached hydrogens (tertiary/aromatic N) is 4. The highest BCUT2D eigenvalue weighted by molar-refractivity contribution is 5.90. The molecule has 0 saturated heterocycles. The lowest BCUT2D eigenvalue weighted by molar-refractivity contribution is -0.00518. The molecular formula is C38H32N4O. The summed E-state index contributed by atoms with van der Waals surface area (Å²) in [5, 5.41) is 0. The van der Waals surface area contributed by atoms with Crippen LogP contribution in [0.3, 0.4) is 0 Å². The summed E-state index contributed by atoms with van der Waals surface area (Å²) in [4.78, 5) is 19.2. The normalized spacial score (nSPS) is 24.0. The number of hydrogen-bond acceptors (Lipinski definition) is 5. The van der Waals surface area contributed by atoms with E-state index in [1.165, 1.54) is 50.5 Å². The van der Waals surface area contributed by atoms with E-state index < -0.39 is 0 Å². The molecule has 6 aromatic rings. The first-order valence-electron chi connectivity index (χ1n) is 15.5. The van der Waals surface area contributed by atoms with Gasteiger partial charge in [0.1, 0.15) is 5.52 Å². The van der Waals surface area contributed by atoms with Crippen molar-refractivity contribution in [1.82, 2.24) is 19.9 Å². The SMILES string of the molecule is c1ccc(-c2nc(-c3ccc(-c4cccc5ncoc45)cc3)nc(-c3ccc(C45CC6CC(CC(C6)C4)C5)cc3)n2)cc1. The van der Waals surface area contributed by atoms with Crippen LogP contribution in [0.2, 0.25) is 0 Å². The van der Waals surface area contributed by atoms with E-state index in [1.807, 2.05) is 30.3 Å². The van der Waals surface area contributed by atoms with Crippen LogP contribution in [0.15, 0.2) is 108 Å². The minimum absolute atomic E-state index is 0.379. The molecule has 4 aliphatic carbocycles. The molecule has 10 rings (SSSR count). The smallest absolute Gasteiger partial charge is 0.182 e. The van der Waals surface area contributed by atoms with E-state index in [-0.39, 0.29) is 0 Å². The molecular weight excluding hydrogens is 528 g/mol. The molecule has 4 fully saturated rings. The molecule has 2 heterocycles. The third-order valence-corrected chi connectivity index (χ3v) is 10.3. The Morgan fingerprint density at radius 1 is 0.535 bits per heavy atom. The van der Waals surface area contributed by atoms with Crippen LogP contribution in [0, 0.1) is 17.8 Å². The second-order valence-electron chi connectivity index (χ2n) is 13.0. The lowest BCUT2D eigenvalue weighted by atomic mass is 9.48. The van der Waals surface area contributed by atoms with Gasteiger partial charge in [-0.2, -0.15) is 0 Å². The predicted molar refractivity (Wildman–Crippen MR) is 169 cm³/mol. The van der Waals surface area contributed by atoms with Crippen molar-refractivity contribution in [2.24, 2.45) is 17.8 Å². The molecule has 0 amide bonds. The summed E-state index contributed by atoms with van der Waals surface area (Å²) in [6.45, 7) is 0. The maximum atomic E-state index is 5.68. The fraction of sp³-hybridized carbons (Fsp3) is 0.263. The highest BCUT2D eigenvalue weighted by Gasteiger charge is 2.51. The molecule has 0 radical (unpaired) electrons. The molecule has 4 saturated carbocycles. The number of para-hydroxylation sites is 1. The van der Waals surface area contributed by atoms with E-state index in [9.17, 15) is 0 Å². The fourth-order valence-electron chi connectivity index (χ4n) is 8.70. The lowest BCUT2D eigenvalue weighted by Gasteiger charge is -2.57. The Bertz CT molecular complexity index is 1910. The predicted octanol–water partition coefficient (Wildman–Crippen LogP) is 9.15. The first-order chi connectivity index (χ1) is 21.2. The molecule has 2 aromatic heterocycles. The molecule has 5 heteroatoms. The number of benzene rings is 4. The van der Waals surface area contributed by atoms with Crippen molar-refractivity contribution in [3.8, 4) is 45.3 Å². The van der Waals surface area contributed by atoms with Crippen LogP contribution in [0.1, 0.15) is 44.1 Å². The first-order valence-corrected chi connectivity index (χ1v) is 15.5. The third kappa shape index (κ3) is 4.29. The third-order valence-electron chi connectivity index (χ3n) is 10.3. The maximum Gasteiger partial charge on any atom is 0.182 e. The van der Waals surface area contributed by atoms with Gasteiger partial charge in [-0.05, 0) is 78.9 Å². The van der Waals surface area contributed by atoms with Gasteiger partial charge in [-0.3, -0.25) is 0 Å². The van der Waals surface area contributed by atoms with Gasteiger partial charge in [0.2, 0.25) is 0 Å². The summed E-state index contributed by atoms with van der Waals surface area (Å²) in [5.41, 5.74) is 8.57. The quantitative estimate of drug-likeness (QED) is 0.210. The van der Waals surface area contributed by atoms with Crippen molar-refractivity contribution < 1.29 is 4.42 Å². The van der Waals surface area contributed by atoms with Crippen molar-refractivity contribution in [2.75, 3.05) is 0 Å². The molecule has 0 unspecified atom stereocenters. The minimum Gasteiger partial charge on any atom is -0.443 e. The zero-order valence-electron chi connectivity index (χ0n) is 24.0. The largest absolute Gasteiger partial charge is 0.443 e. The first kappa shape index (κ1) is 24.9. The van der Waals surface area contributed by atoms with Crippen LogP contribution in [0.5, 0.6) is 0 Å². The van der Waals surface area contributed by atoms with Crippen LogP contribution < -0.4 is 0 Å². The monoisotopic (exact) mass is 560 g/mol. The van der Waals surface area contributed by atoms with Crippen LogP contribution in [0.4, 0.5) is 0 Å². The van der Waals surface area contributed by atoms with Gasteiger partial charge >= 0.3 is 0 Å². The molecule has 0 N–H and O–H groups in total. The van der Waals surface area contributed by atoms with E-state index in [0.717, 1.165) is 56.7 Å². The van der Waals surface area contributed by atoms with Crippen molar-refractivity contribution in [3.05, 3.63) is 109 Å². The van der Waals surface area contributed by atoms with Gasteiger partial charge in [0.25, 0.3) is 0 Å². The topological polar surface area (TPSA) is 64.7 Å². The summed E-state index contributed by atoms with van der Waals surface area (Å²) in [7, 11) is 0. The average molecular weight is 561 g/mol. The van der Waals surface area contributed by atoms with Crippen molar-refractivity contribution in [3.63, 3.8) is 0 Å². The maximum absolute atomic E-state index is 5.68. The van der Waals surface area contributed by atoms with Gasteiger partial charge in [0.15, 0.2) is 29.4 Å². The van der Waals surface area contributed by atoms with E-state index in [2.05, 4.69) is 71.7 Å². The molecule has 210 valence electrons. The van der Waals surface area contributed by atoms with E-state index in [4.69, 9.17) is 19.4 Å². The Balaban J connectivity index is 1.09. The second-order valence-corrected chi connectivity index (χ2v) is 13.0. The molecule has 0 aliphatic heterocycles. The van der Waals surface area contributed by atoms with Gasteiger partial charge in [-0.15, -0.1) is 0 Å². The van der Waals surface area contributed by atoms with Crippen LogP contribution in [0.25, 0.3) is 56.4 Å². The molecule has 0 spiro atoms. The van der Waals surface area contributed by atoms with Crippen LogP contribution in [-0.2, 0) is 5.41 Å². The fourth-order valence-corrected chi connectivity index (χ4v) is 8.70. The Hall–Kier alpha value is -4.64. The minimum atomic E-state index is 0.379. The zero-order chi connectivity index (χ0) is 28.4. The molecule has 0 atom stereocenters. The molecule has 4 aliphatic rings. The second kappa shape index (κ2) is 9.70. The number of rotatable bonds is 5. The summed E-state index contributed by atoms with van der Waals surface area (Å²) in [6.07, 6.45) is 9.99. The van der Waals surface area contributed by atoms with E-state index in [1.54, 1.807) is 0 Å². The highest BCUT2D eigenvalue weighted by atomic mass is 16.3. The summed E-state index contributed by atoms with van der Waals surface area (Å²) in [5.74, 6) is 4.85. The van der Waals surface area contributed by atoms with Gasteiger partial charge < -0.3 is 4.42 Å².